The number of anilines is 12. The van der Waals surface area contributed by atoms with Crippen LogP contribution in [0.25, 0.3) is 22.3 Å². The minimum atomic E-state index is -1.61. The van der Waals surface area contributed by atoms with Gasteiger partial charge in [0.05, 0.1) is 45.5 Å². The van der Waals surface area contributed by atoms with Gasteiger partial charge in [0.1, 0.15) is 22.4 Å². The fourth-order valence-corrected chi connectivity index (χ4v) is 16.5. The summed E-state index contributed by atoms with van der Waals surface area (Å²) in [5.41, 5.74) is 15.8. The van der Waals surface area contributed by atoms with E-state index in [2.05, 4.69) is 165 Å². The van der Waals surface area contributed by atoms with E-state index in [1.165, 1.54) is 0 Å². The number of rotatable bonds is 0. The minimum Gasteiger partial charge on any atom is -0.376 e. The van der Waals surface area contributed by atoms with Crippen molar-refractivity contribution in [1.82, 2.24) is 0 Å². The molecule has 0 amide bonds. The smallest absolute Gasteiger partial charge is 0.144 e. The van der Waals surface area contributed by atoms with Gasteiger partial charge in [-0.25, -0.2) is 0 Å². The van der Waals surface area contributed by atoms with Gasteiger partial charge in [-0.05, 0) is 154 Å². The lowest BCUT2D eigenvalue weighted by molar-refractivity contribution is 0.124. The lowest BCUT2D eigenvalue weighted by Gasteiger charge is -2.44. The van der Waals surface area contributed by atoms with Gasteiger partial charge >= 0.3 is 0 Å². The molecular formula is C88H60N4O4. The largest absolute Gasteiger partial charge is 0.376 e. The third kappa shape index (κ3) is 7.75. The molecule has 0 unspecified atom stereocenters. The molecule has 456 valence electrons. The Morgan fingerprint density at radius 3 is 0.521 bits per heavy atom. The molecule has 19 rings (SSSR count). The van der Waals surface area contributed by atoms with Crippen LogP contribution in [0.4, 0.5) is 68.2 Å². The second-order valence-electron chi connectivity index (χ2n) is 25.7. The molecule has 4 N–H and O–H groups in total. The summed E-state index contributed by atoms with van der Waals surface area (Å²) < 4.78 is 0. The van der Waals surface area contributed by atoms with E-state index in [0.29, 0.717) is 22.3 Å². The lowest BCUT2D eigenvalue weighted by Crippen LogP contribution is -2.37. The summed E-state index contributed by atoms with van der Waals surface area (Å²) in [6, 6.07) is 115. The number of aliphatic hydroxyl groups is 4. The summed E-state index contributed by atoms with van der Waals surface area (Å²) in [6.07, 6.45) is 0. The maximum atomic E-state index is 14.0. The Kier molecular flexibility index (Phi) is 12.1. The predicted molar refractivity (Wildman–Crippen MR) is 384 cm³/mol. The Morgan fingerprint density at radius 2 is 0.333 bits per heavy atom. The average Bonchev–Trinajstić information content (AvgIpc) is 0.728. The standard InChI is InChI=1S/C88H60N4O4/c93-85-61-27-17-23-57(51-61)58-24-18-28-62(52-58)86(94)73-39-5-13-47-81(73)91(82-48-14-6-40-74(82)86)67-33-22-34-68(56-67)92-83-49-15-7-41-75(83)88(96,76-42-8-16-50-84(76)92)64-30-20-26-60(54-64)59-25-19-29-63(53-59)87(95)71-37-3-11-45-79(71)90(80-46-12-4-38-72(80)87)66-32-21-31-65(55-66)89(77-43-9-1-35-69(77)85)78-44-10-2-36-70(78)85/h1-56,93-96H. The van der Waals surface area contributed by atoms with Crippen LogP contribution in [0.15, 0.2) is 340 Å². The van der Waals surface area contributed by atoms with E-state index in [1.807, 2.05) is 194 Å². The molecule has 0 fully saturated rings. The van der Waals surface area contributed by atoms with Crippen LogP contribution in [0, 0.1) is 0 Å². The highest BCUT2D eigenvalue weighted by Crippen LogP contribution is 2.60. The number of fused-ring (bicyclic) bond motifs is 34. The van der Waals surface area contributed by atoms with Crippen molar-refractivity contribution in [1.29, 1.82) is 0 Å². The lowest BCUT2D eigenvalue weighted by atomic mass is 9.74. The van der Waals surface area contributed by atoms with Gasteiger partial charge in [0.25, 0.3) is 0 Å². The second kappa shape index (κ2) is 20.8. The first-order chi connectivity index (χ1) is 47.1. The van der Waals surface area contributed by atoms with Gasteiger partial charge in [0.15, 0.2) is 0 Å². The highest BCUT2D eigenvalue weighted by Gasteiger charge is 2.49. The zero-order valence-electron chi connectivity index (χ0n) is 51.9. The van der Waals surface area contributed by atoms with Crippen LogP contribution >= 0.6 is 0 Å². The van der Waals surface area contributed by atoms with Crippen molar-refractivity contribution in [3.05, 3.63) is 406 Å². The Bertz CT molecular complexity index is 4680. The van der Waals surface area contributed by atoms with E-state index >= 15 is 0 Å². The number of benzene rings is 14. The van der Waals surface area contributed by atoms with E-state index in [9.17, 15) is 20.4 Å². The summed E-state index contributed by atoms with van der Waals surface area (Å²) in [5, 5.41) is 56.0. The van der Waals surface area contributed by atoms with Gasteiger partial charge in [-0.2, -0.15) is 0 Å². The highest BCUT2D eigenvalue weighted by atomic mass is 16.3. The first-order valence-electron chi connectivity index (χ1n) is 32.6. The van der Waals surface area contributed by atoms with Crippen molar-refractivity contribution >= 4 is 68.2 Å². The van der Waals surface area contributed by atoms with E-state index < -0.39 is 22.4 Å². The second-order valence-corrected chi connectivity index (χ2v) is 25.7. The van der Waals surface area contributed by atoms with Crippen molar-refractivity contribution in [2.75, 3.05) is 19.6 Å². The van der Waals surface area contributed by atoms with Gasteiger partial charge in [0, 0.05) is 67.3 Å². The predicted octanol–water partition coefficient (Wildman–Crippen LogP) is 19.6. The van der Waals surface area contributed by atoms with Crippen molar-refractivity contribution in [2.45, 2.75) is 22.4 Å². The van der Waals surface area contributed by atoms with E-state index in [-0.39, 0.29) is 0 Å². The van der Waals surface area contributed by atoms with Crippen LogP contribution in [0.2, 0.25) is 0 Å². The molecule has 14 aromatic carbocycles. The molecule has 8 nitrogen and oxygen atoms in total. The van der Waals surface area contributed by atoms with Gasteiger partial charge in [-0.15, -0.1) is 0 Å². The van der Waals surface area contributed by atoms with Crippen LogP contribution in [0.3, 0.4) is 0 Å². The molecule has 5 aliphatic rings. The zero-order valence-corrected chi connectivity index (χ0v) is 51.9. The number of hydrogen-bond acceptors (Lipinski definition) is 8. The van der Waals surface area contributed by atoms with Crippen molar-refractivity contribution < 1.29 is 20.4 Å². The summed E-state index contributed by atoms with van der Waals surface area (Å²) >= 11 is 0. The summed E-state index contributed by atoms with van der Waals surface area (Å²) in [6.45, 7) is 0. The first kappa shape index (κ1) is 55.7. The Hall–Kier alpha value is -11.9. The fourth-order valence-electron chi connectivity index (χ4n) is 16.5. The van der Waals surface area contributed by atoms with Crippen LogP contribution in [-0.4, -0.2) is 20.4 Å². The van der Waals surface area contributed by atoms with Crippen molar-refractivity contribution in [3.8, 4) is 22.3 Å². The van der Waals surface area contributed by atoms with Crippen molar-refractivity contribution in [3.63, 3.8) is 0 Å². The van der Waals surface area contributed by atoms with Crippen LogP contribution in [0.1, 0.15) is 66.8 Å². The number of nitrogens with zero attached hydrogens (tertiary/aromatic N) is 4. The van der Waals surface area contributed by atoms with Crippen LogP contribution in [-0.2, 0) is 22.4 Å². The van der Waals surface area contributed by atoms with Crippen molar-refractivity contribution in [2.24, 2.45) is 0 Å². The van der Waals surface area contributed by atoms with E-state index in [1.54, 1.807) is 0 Å². The molecule has 0 spiro atoms. The summed E-state index contributed by atoms with van der Waals surface area (Å²) in [4.78, 5) is 8.99. The molecule has 20 bridgehead atoms. The van der Waals surface area contributed by atoms with Crippen LogP contribution < -0.4 is 19.6 Å². The molecule has 5 aliphatic heterocycles. The molecule has 0 radical (unpaired) electrons. The average molecular weight is 1240 g/mol. The number of hydrogen-bond donors (Lipinski definition) is 4. The van der Waals surface area contributed by atoms with E-state index in [4.69, 9.17) is 0 Å². The monoisotopic (exact) mass is 1240 g/mol. The normalized spacial score (nSPS) is 15.5. The maximum absolute atomic E-state index is 14.0. The Morgan fingerprint density at radius 1 is 0.167 bits per heavy atom. The molecule has 96 heavy (non-hydrogen) atoms. The Balaban J connectivity index is 0.837. The molecule has 0 saturated carbocycles. The van der Waals surface area contributed by atoms with Gasteiger partial charge in [-0.1, -0.05) is 231 Å². The quantitative estimate of drug-likeness (QED) is 0.119. The summed E-state index contributed by atoms with van der Waals surface area (Å²) in [7, 11) is 0. The molecule has 0 saturated heterocycles. The molecular weight excluding hydrogens is 1180 g/mol. The first-order valence-corrected chi connectivity index (χ1v) is 32.6. The third-order valence-corrected chi connectivity index (χ3v) is 20.8. The topological polar surface area (TPSA) is 93.9 Å². The summed E-state index contributed by atoms with van der Waals surface area (Å²) in [5.74, 6) is 0. The third-order valence-electron chi connectivity index (χ3n) is 20.8. The van der Waals surface area contributed by atoms with Gasteiger partial charge in [0.2, 0.25) is 0 Å². The maximum Gasteiger partial charge on any atom is 0.144 e. The molecule has 0 aliphatic carbocycles. The molecule has 14 aromatic rings. The minimum absolute atomic E-state index is 0.695. The number of para-hydroxylation sites is 8. The highest BCUT2D eigenvalue weighted by molar-refractivity contribution is 5.95. The molecule has 0 aromatic heterocycles. The molecule has 5 heterocycles. The van der Waals surface area contributed by atoms with Crippen LogP contribution in [0.5, 0.6) is 0 Å². The Labute approximate surface area is 556 Å². The fraction of sp³-hybridized carbons (Fsp3) is 0.0455. The molecule has 8 heteroatoms. The zero-order chi connectivity index (χ0) is 64.1. The van der Waals surface area contributed by atoms with E-state index in [0.717, 1.165) is 135 Å². The SMILES string of the molecule is OC12c3cccc(c3)-c3cccc(c3)C3(O)c4ccccc4N(c4cccc(c4)N4c5ccccc5C(O)(c5cccc(c5)-c5cccc(c5)C5(O)c6ccccc6N(c6cccc(c6)N(c6ccccc61)c1ccccc12)c1ccccc15)c1ccccc14)c1ccccc13. The van der Waals surface area contributed by atoms with Gasteiger partial charge in [-0.3, -0.25) is 0 Å². The van der Waals surface area contributed by atoms with Gasteiger partial charge < -0.3 is 40.0 Å². The molecule has 0 atom stereocenters.